The number of hydrogen-bond acceptors (Lipinski definition) is 1. The molecular weight excluding hydrogens is 200 g/mol. The highest BCUT2D eigenvalue weighted by Crippen LogP contribution is 2.13. The van der Waals surface area contributed by atoms with Gasteiger partial charge < -0.3 is 10.6 Å². The lowest BCUT2D eigenvalue weighted by Crippen LogP contribution is -2.47. The van der Waals surface area contributed by atoms with Crippen LogP contribution in [0.4, 0.5) is 0 Å². The molecule has 16 heavy (non-hydrogen) atoms. The summed E-state index contributed by atoms with van der Waals surface area (Å²) < 4.78 is 0. The maximum Gasteiger partial charge on any atom is 0.253 e. The largest absolute Gasteiger partial charge is 0.354 e. The third-order valence-electron chi connectivity index (χ3n) is 3.13. The second kappa shape index (κ2) is 5.12. The first-order valence-corrected chi connectivity index (χ1v) is 5.99. The van der Waals surface area contributed by atoms with Crippen molar-refractivity contribution < 1.29 is 10.5 Å². The van der Waals surface area contributed by atoms with Crippen molar-refractivity contribution in [3.8, 4) is 0 Å². The van der Waals surface area contributed by atoms with Gasteiger partial charge >= 0.3 is 0 Å². The minimum absolute atomic E-state index is 0.176. The van der Waals surface area contributed by atoms with Crippen LogP contribution in [0, 0.1) is 0 Å². The fourth-order valence-corrected chi connectivity index (χ4v) is 2.09. The van der Waals surface area contributed by atoms with Crippen LogP contribution in [0.1, 0.15) is 35.2 Å². The number of likely N-dealkylation sites (tertiary alicyclic amines) is 1. The molecule has 0 spiro atoms. The Balaban J connectivity index is 2.07. The van der Waals surface area contributed by atoms with Crippen molar-refractivity contribution >= 4 is 5.91 Å². The smallest absolute Gasteiger partial charge is 0.253 e. The van der Waals surface area contributed by atoms with Gasteiger partial charge in [-0.15, -0.1) is 0 Å². The first-order valence-electron chi connectivity index (χ1n) is 5.99. The number of piperidine rings is 1. The van der Waals surface area contributed by atoms with Gasteiger partial charge in [0.1, 0.15) is 0 Å². The molecule has 0 atom stereocenters. The summed E-state index contributed by atoms with van der Waals surface area (Å²) in [5.74, 6) is 0.176. The molecule has 3 heteroatoms. The Morgan fingerprint density at radius 1 is 1.12 bits per heavy atom. The Morgan fingerprint density at radius 3 is 2.31 bits per heavy atom. The third kappa shape index (κ3) is 2.42. The Labute approximate surface area is 96.2 Å². The first-order chi connectivity index (χ1) is 7.81. The molecule has 1 aliphatic heterocycles. The molecule has 0 aromatic heterocycles. The minimum Gasteiger partial charge on any atom is -0.354 e. The van der Waals surface area contributed by atoms with Gasteiger partial charge in [-0.3, -0.25) is 4.79 Å². The van der Waals surface area contributed by atoms with Crippen molar-refractivity contribution in [3.05, 3.63) is 35.4 Å². The van der Waals surface area contributed by atoms with Crippen molar-refractivity contribution in [1.29, 1.82) is 0 Å². The average molecular weight is 219 g/mol. The van der Waals surface area contributed by atoms with E-state index < -0.39 is 0 Å². The summed E-state index contributed by atoms with van der Waals surface area (Å²) in [6.07, 6.45) is 3.54. The van der Waals surface area contributed by atoms with E-state index in [0.717, 1.165) is 38.0 Å². The van der Waals surface area contributed by atoms with Crippen molar-refractivity contribution in [1.82, 2.24) is 4.90 Å². The fraction of sp³-hybridized carbons (Fsp3) is 0.462. The number of carbonyl (C=O) groups is 1. The summed E-state index contributed by atoms with van der Waals surface area (Å²) in [4.78, 5) is 14.1. The van der Waals surface area contributed by atoms with Gasteiger partial charge in [0.25, 0.3) is 5.91 Å². The van der Waals surface area contributed by atoms with Crippen LogP contribution in [-0.2, 0) is 6.54 Å². The quantitative estimate of drug-likeness (QED) is 0.794. The molecule has 1 saturated heterocycles. The van der Waals surface area contributed by atoms with Gasteiger partial charge in [-0.1, -0.05) is 12.1 Å². The van der Waals surface area contributed by atoms with E-state index in [2.05, 4.69) is 5.73 Å². The normalized spacial score (nSPS) is 16.2. The average Bonchev–Trinajstić information content (AvgIpc) is 2.39. The predicted molar refractivity (Wildman–Crippen MR) is 62.8 cm³/mol. The standard InChI is InChI=1S/C13H18N2O/c14-10-11-4-6-12(7-5-11)13(16)15-8-2-1-3-9-15/h4-7H,1-3,8-10,14H2/p+1. The van der Waals surface area contributed by atoms with E-state index in [0.29, 0.717) is 0 Å². The number of hydrogen-bond donors (Lipinski definition) is 1. The molecule has 2 rings (SSSR count). The third-order valence-corrected chi connectivity index (χ3v) is 3.13. The molecule has 0 bridgehead atoms. The zero-order valence-electron chi connectivity index (χ0n) is 9.61. The van der Waals surface area contributed by atoms with E-state index in [4.69, 9.17) is 0 Å². The Bertz CT molecular complexity index is 353. The van der Waals surface area contributed by atoms with Crippen LogP contribution in [0.3, 0.4) is 0 Å². The molecule has 3 N–H and O–H groups in total. The lowest BCUT2D eigenvalue weighted by molar-refractivity contribution is -0.386. The summed E-state index contributed by atoms with van der Waals surface area (Å²) in [5, 5.41) is 0. The molecule has 86 valence electrons. The number of carbonyl (C=O) groups excluding carboxylic acids is 1. The summed E-state index contributed by atoms with van der Waals surface area (Å²) in [5.41, 5.74) is 5.81. The van der Waals surface area contributed by atoms with Crippen LogP contribution in [-0.4, -0.2) is 23.9 Å². The van der Waals surface area contributed by atoms with Crippen molar-refractivity contribution in [2.24, 2.45) is 0 Å². The molecule has 0 unspecified atom stereocenters. The molecule has 0 aliphatic carbocycles. The molecule has 1 aromatic rings. The molecule has 3 nitrogen and oxygen atoms in total. The zero-order chi connectivity index (χ0) is 11.4. The Hall–Kier alpha value is -1.35. The monoisotopic (exact) mass is 219 g/mol. The van der Waals surface area contributed by atoms with Crippen molar-refractivity contribution in [2.45, 2.75) is 25.8 Å². The van der Waals surface area contributed by atoms with E-state index in [1.54, 1.807) is 0 Å². The maximum absolute atomic E-state index is 12.1. The number of rotatable bonds is 2. The number of nitrogens with zero attached hydrogens (tertiary/aromatic N) is 1. The highest BCUT2D eigenvalue weighted by Gasteiger charge is 2.17. The van der Waals surface area contributed by atoms with E-state index in [1.807, 2.05) is 29.2 Å². The Kier molecular flexibility index (Phi) is 3.57. The minimum atomic E-state index is 0.176. The van der Waals surface area contributed by atoms with Crippen LogP contribution in [0.5, 0.6) is 0 Å². The van der Waals surface area contributed by atoms with E-state index >= 15 is 0 Å². The van der Waals surface area contributed by atoms with Gasteiger partial charge in [0.05, 0.1) is 6.54 Å². The molecular formula is C13H19N2O+. The van der Waals surface area contributed by atoms with Gasteiger partial charge in [0.15, 0.2) is 0 Å². The van der Waals surface area contributed by atoms with Crippen LogP contribution in [0.2, 0.25) is 0 Å². The topological polar surface area (TPSA) is 48.0 Å². The van der Waals surface area contributed by atoms with Crippen molar-refractivity contribution in [2.75, 3.05) is 13.1 Å². The lowest BCUT2D eigenvalue weighted by Gasteiger charge is -2.26. The maximum atomic E-state index is 12.1. The Morgan fingerprint density at radius 2 is 1.75 bits per heavy atom. The molecule has 0 saturated carbocycles. The summed E-state index contributed by atoms with van der Waals surface area (Å²) >= 11 is 0. The first kappa shape index (κ1) is 11.1. The second-order valence-corrected chi connectivity index (χ2v) is 4.30. The van der Waals surface area contributed by atoms with Gasteiger partial charge in [0, 0.05) is 24.2 Å². The summed E-state index contributed by atoms with van der Waals surface area (Å²) in [6.45, 7) is 2.60. The SMILES string of the molecule is [NH3+]Cc1ccc(C(=O)N2CCCCC2)cc1. The molecule has 0 radical (unpaired) electrons. The summed E-state index contributed by atoms with van der Waals surface area (Å²) in [7, 11) is 0. The lowest BCUT2D eigenvalue weighted by atomic mass is 10.1. The van der Waals surface area contributed by atoms with Gasteiger partial charge in [0.2, 0.25) is 0 Å². The van der Waals surface area contributed by atoms with Gasteiger partial charge in [-0.05, 0) is 31.4 Å². The highest BCUT2D eigenvalue weighted by molar-refractivity contribution is 5.94. The second-order valence-electron chi connectivity index (χ2n) is 4.30. The van der Waals surface area contributed by atoms with E-state index in [-0.39, 0.29) is 5.91 Å². The van der Waals surface area contributed by atoms with E-state index in [1.165, 1.54) is 12.0 Å². The molecule has 1 fully saturated rings. The highest BCUT2D eigenvalue weighted by atomic mass is 16.2. The van der Waals surface area contributed by atoms with Crippen molar-refractivity contribution in [3.63, 3.8) is 0 Å². The zero-order valence-corrected chi connectivity index (χ0v) is 9.61. The van der Waals surface area contributed by atoms with Gasteiger partial charge in [-0.2, -0.15) is 0 Å². The molecule has 1 amide bonds. The number of benzene rings is 1. The number of amides is 1. The van der Waals surface area contributed by atoms with Crippen LogP contribution < -0.4 is 5.73 Å². The van der Waals surface area contributed by atoms with Gasteiger partial charge in [-0.25, -0.2) is 0 Å². The predicted octanol–water partition coefficient (Wildman–Crippen LogP) is 1.05. The van der Waals surface area contributed by atoms with Crippen LogP contribution in [0.15, 0.2) is 24.3 Å². The fourth-order valence-electron chi connectivity index (χ4n) is 2.09. The van der Waals surface area contributed by atoms with Crippen LogP contribution in [0.25, 0.3) is 0 Å². The van der Waals surface area contributed by atoms with E-state index in [9.17, 15) is 4.79 Å². The summed E-state index contributed by atoms with van der Waals surface area (Å²) in [6, 6.07) is 7.81. The number of quaternary nitrogens is 1. The molecule has 1 heterocycles. The molecule has 1 aromatic carbocycles. The molecule has 1 aliphatic rings. The van der Waals surface area contributed by atoms with Crippen LogP contribution >= 0.6 is 0 Å².